The van der Waals surface area contributed by atoms with Crippen LogP contribution >= 0.6 is 0 Å². The van der Waals surface area contributed by atoms with Crippen molar-refractivity contribution in [3.8, 4) is 5.75 Å². The summed E-state index contributed by atoms with van der Waals surface area (Å²) in [5, 5.41) is 0. The van der Waals surface area contributed by atoms with Gasteiger partial charge in [-0.3, -0.25) is 0 Å². The molecule has 2 nitrogen and oxygen atoms in total. The second-order valence-corrected chi connectivity index (χ2v) is 3.33. The average molecular weight is 181 g/mol. The van der Waals surface area contributed by atoms with E-state index in [1.807, 2.05) is 0 Å². The van der Waals surface area contributed by atoms with Gasteiger partial charge in [-0.15, -0.1) is 0 Å². The van der Waals surface area contributed by atoms with E-state index in [9.17, 15) is 4.39 Å². The lowest BCUT2D eigenvalue weighted by Gasteiger charge is -2.07. The fourth-order valence-electron chi connectivity index (χ4n) is 1.80. The molecular formula is C10H12FNO. The van der Waals surface area contributed by atoms with Gasteiger partial charge in [-0.2, -0.15) is 0 Å². The number of rotatable bonds is 1. The summed E-state index contributed by atoms with van der Waals surface area (Å²) in [7, 11) is 1.47. The van der Waals surface area contributed by atoms with Crippen molar-refractivity contribution in [2.24, 2.45) is 5.73 Å². The number of ether oxygens (including phenoxy) is 1. The number of aryl methyl sites for hydroxylation is 1. The Balaban J connectivity index is 2.50. The van der Waals surface area contributed by atoms with Gasteiger partial charge in [0, 0.05) is 6.04 Å². The highest BCUT2D eigenvalue weighted by atomic mass is 19.1. The summed E-state index contributed by atoms with van der Waals surface area (Å²) in [6, 6.07) is 3.24. The Morgan fingerprint density at radius 2 is 2.31 bits per heavy atom. The number of methoxy groups -OCH3 is 1. The molecule has 1 aromatic carbocycles. The third-order valence-corrected chi connectivity index (χ3v) is 2.54. The fraction of sp³-hybridized carbons (Fsp3) is 0.400. The van der Waals surface area contributed by atoms with Gasteiger partial charge in [0.15, 0.2) is 11.6 Å². The molecule has 0 spiro atoms. The molecule has 0 heterocycles. The Kier molecular flexibility index (Phi) is 1.96. The number of halogens is 1. The van der Waals surface area contributed by atoms with Crippen LogP contribution in [0.3, 0.4) is 0 Å². The molecule has 3 heteroatoms. The molecule has 0 radical (unpaired) electrons. The summed E-state index contributed by atoms with van der Waals surface area (Å²) >= 11 is 0. The zero-order valence-electron chi connectivity index (χ0n) is 7.51. The average Bonchev–Trinajstić information content (AvgIpc) is 2.47. The van der Waals surface area contributed by atoms with Gasteiger partial charge >= 0.3 is 0 Å². The lowest BCUT2D eigenvalue weighted by Crippen LogP contribution is -2.05. The van der Waals surface area contributed by atoms with Gasteiger partial charge in [0.05, 0.1) is 7.11 Å². The Bertz CT molecular complexity index is 338. The van der Waals surface area contributed by atoms with E-state index in [1.165, 1.54) is 13.2 Å². The Morgan fingerprint density at radius 1 is 1.54 bits per heavy atom. The highest BCUT2D eigenvalue weighted by Gasteiger charge is 2.21. The summed E-state index contributed by atoms with van der Waals surface area (Å²) in [5.74, 6) is -0.00792. The van der Waals surface area contributed by atoms with E-state index in [-0.39, 0.29) is 11.9 Å². The molecule has 0 aliphatic heterocycles. The van der Waals surface area contributed by atoms with Gasteiger partial charge in [0.2, 0.25) is 0 Å². The van der Waals surface area contributed by atoms with E-state index in [4.69, 9.17) is 10.5 Å². The van der Waals surface area contributed by atoms with Crippen LogP contribution in [0.15, 0.2) is 12.1 Å². The minimum Gasteiger partial charge on any atom is -0.494 e. The SMILES string of the molecule is COc1cc2c(cc1F)C(N)CC2. The number of benzene rings is 1. The highest BCUT2D eigenvalue weighted by Crippen LogP contribution is 2.33. The van der Waals surface area contributed by atoms with Gasteiger partial charge in [-0.1, -0.05) is 0 Å². The molecule has 0 amide bonds. The summed E-state index contributed by atoms with van der Waals surface area (Å²) in [6.45, 7) is 0. The molecule has 2 rings (SSSR count). The van der Waals surface area contributed by atoms with Crippen LogP contribution in [0.5, 0.6) is 5.75 Å². The van der Waals surface area contributed by atoms with Crippen molar-refractivity contribution in [2.75, 3.05) is 7.11 Å². The standard InChI is InChI=1S/C10H12FNO/c1-13-10-4-6-2-3-9(12)7(6)5-8(10)11/h4-5,9H,2-3,12H2,1H3. The van der Waals surface area contributed by atoms with Crippen LogP contribution in [0.25, 0.3) is 0 Å². The summed E-state index contributed by atoms with van der Waals surface area (Å²) in [4.78, 5) is 0. The van der Waals surface area contributed by atoms with E-state index >= 15 is 0 Å². The van der Waals surface area contributed by atoms with Crippen molar-refractivity contribution >= 4 is 0 Å². The van der Waals surface area contributed by atoms with Crippen molar-refractivity contribution in [2.45, 2.75) is 18.9 Å². The minimum atomic E-state index is -0.321. The monoisotopic (exact) mass is 181 g/mol. The largest absolute Gasteiger partial charge is 0.494 e. The highest BCUT2D eigenvalue weighted by molar-refractivity contribution is 5.41. The topological polar surface area (TPSA) is 35.2 Å². The molecule has 1 aromatic rings. The predicted octanol–water partition coefficient (Wildman–Crippen LogP) is 1.78. The summed E-state index contributed by atoms with van der Waals surface area (Å²) < 4.78 is 18.1. The number of hydrogen-bond donors (Lipinski definition) is 1. The molecule has 0 aromatic heterocycles. The molecule has 1 atom stereocenters. The van der Waals surface area contributed by atoms with Crippen molar-refractivity contribution < 1.29 is 9.13 Å². The maximum atomic E-state index is 13.2. The molecule has 0 fully saturated rings. The number of hydrogen-bond acceptors (Lipinski definition) is 2. The first-order valence-electron chi connectivity index (χ1n) is 4.34. The van der Waals surface area contributed by atoms with Gasteiger partial charge < -0.3 is 10.5 Å². The second kappa shape index (κ2) is 3.00. The van der Waals surface area contributed by atoms with Crippen LogP contribution in [0.1, 0.15) is 23.6 Å². The smallest absolute Gasteiger partial charge is 0.165 e. The first-order chi connectivity index (χ1) is 6.22. The van der Waals surface area contributed by atoms with Gasteiger partial charge in [-0.25, -0.2) is 4.39 Å². The quantitative estimate of drug-likeness (QED) is 0.716. The van der Waals surface area contributed by atoms with E-state index in [1.54, 1.807) is 6.07 Å². The van der Waals surface area contributed by atoms with Crippen LogP contribution in [0, 0.1) is 5.82 Å². The van der Waals surface area contributed by atoms with Crippen LogP contribution in [0.4, 0.5) is 4.39 Å². The number of fused-ring (bicyclic) bond motifs is 1. The normalized spacial score (nSPS) is 20.1. The molecule has 1 aliphatic carbocycles. The third kappa shape index (κ3) is 1.29. The van der Waals surface area contributed by atoms with Crippen molar-refractivity contribution in [3.05, 3.63) is 29.1 Å². The van der Waals surface area contributed by atoms with Crippen molar-refractivity contribution in [1.29, 1.82) is 0 Å². The summed E-state index contributed by atoms with van der Waals surface area (Å²) in [5.41, 5.74) is 7.84. The summed E-state index contributed by atoms with van der Waals surface area (Å²) in [6.07, 6.45) is 1.83. The third-order valence-electron chi connectivity index (χ3n) is 2.54. The van der Waals surface area contributed by atoms with Crippen LogP contribution in [-0.2, 0) is 6.42 Å². The van der Waals surface area contributed by atoms with Gasteiger partial charge in [0.1, 0.15) is 0 Å². The fourth-order valence-corrected chi connectivity index (χ4v) is 1.80. The maximum absolute atomic E-state index is 13.2. The Hall–Kier alpha value is -1.09. The molecule has 1 unspecified atom stereocenters. The predicted molar refractivity (Wildman–Crippen MR) is 48.2 cm³/mol. The zero-order chi connectivity index (χ0) is 9.42. The van der Waals surface area contributed by atoms with E-state index in [0.29, 0.717) is 5.75 Å². The second-order valence-electron chi connectivity index (χ2n) is 3.33. The molecule has 2 N–H and O–H groups in total. The van der Waals surface area contributed by atoms with Crippen molar-refractivity contribution in [1.82, 2.24) is 0 Å². The molecule has 70 valence electrons. The van der Waals surface area contributed by atoms with Crippen LogP contribution in [-0.4, -0.2) is 7.11 Å². The van der Waals surface area contributed by atoms with Gasteiger partial charge in [-0.05, 0) is 36.1 Å². The van der Waals surface area contributed by atoms with Crippen LogP contribution in [0.2, 0.25) is 0 Å². The Morgan fingerprint density at radius 3 is 3.00 bits per heavy atom. The first kappa shape index (κ1) is 8.51. The molecule has 1 aliphatic rings. The Labute approximate surface area is 76.5 Å². The minimum absolute atomic E-state index is 0.00425. The molecule has 13 heavy (non-hydrogen) atoms. The van der Waals surface area contributed by atoms with E-state index in [2.05, 4.69) is 0 Å². The molecular weight excluding hydrogens is 169 g/mol. The van der Waals surface area contributed by atoms with E-state index in [0.717, 1.165) is 24.0 Å². The first-order valence-corrected chi connectivity index (χ1v) is 4.34. The van der Waals surface area contributed by atoms with E-state index < -0.39 is 0 Å². The molecule has 0 bridgehead atoms. The maximum Gasteiger partial charge on any atom is 0.165 e. The molecule has 0 saturated heterocycles. The zero-order valence-corrected chi connectivity index (χ0v) is 7.51. The lowest BCUT2D eigenvalue weighted by atomic mass is 10.1. The number of nitrogens with two attached hydrogens (primary N) is 1. The molecule has 0 saturated carbocycles. The van der Waals surface area contributed by atoms with Gasteiger partial charge in [0.25, 0.3) is 0 Å². The van der Waals surface area contributed by atoms with Crippen molar-refractivity contribution in [3.63, 3.8) is 0 Å². The lowest BCUT2D eigenvalue weighted by molar-refractivity contribution is 0.386. The van der Waals surface area contributed by atoms with Crippen LogP contribution < -0.4 is 10.5 Å².